The minimum absolute atomic E-state index is 0.354. The van der Waals surface area contributed by atoms with Crippen molar-refractivity contribution >= 4 is 5.97 Å². The van der Waals surface area contributed by atoms with Crippen molar-refractivity contribution < 1.29 is 9.53 Å². The Kier molecular flexibility index (Phi) is 2.91. The lowest BCUT2D eigenvalue weighted by atomic mass is 10.2. The summed E-state index contributed by atoms with van der Waals surface area (Å²) in [6.07, 6.45) is 2.97. The SMILES string of the molecule is CC(=O)Oc1cnc(-c2ccccc2)nc1. The first-order valence-electron chi connectivity index (χ1n) is 4.81. The number of aromatic nitrogens is 2. The van der Waals surface area contributed by atoms with Crippen molar-refractivity contribution in [2.24, 2.45) is 0 Å². The first kappa shape index (κ1) is 10.3. The van der Waals surface area contributed by atoms with Crippen LogP contribution in [0.5, 0.6) is 5.75 Å². The number of esters is 1. The zero-order valence-corrected chi connectivity index (χ0v) is 8.75. The molecule has 16 heavy (non-hydrogen) atoms. The molecule has 0 spiro atoms. The summed E-state index contributed by atoms with van der Waals surface area (Å²) in [5.41, 5.74) is 0.928. The van der Waals surface area contributed by atoms with Crippen molar-refractivity contribution in [1.29, 1.82) is 0 Å². The van der Waals surface area contributed by atoms with Crippen LogP contribution in [0.15, 0.2) is 42.7 Å². The third kappa shape index (κ3) is 2.42. The molecule has 1 aromatic carbocycles. The second-order valence-corrected chi connectivity index (χ2v) is 3.20. The van der Waals surface area contributed by atoms with Gasteiger partial charge in [0.25, 0.3) is 0 Å². The Labute approximate surface area is 92.9 Å². The first-order chi connectivity index (χ1) is 7.75. The molecule has 0 unspecified atom stereocenters. The van der Waals surface area contributed by atoms with E-state index in [-0.39, 0.29) is 5.97 Å². The Bertz CT molecular complexity index is 480. The van der Waals surface area contributed by atoms with E-state index in [1.54, 1.807) is 0 Å². The number of nitrogens with zero attached hydrogens (tertiary/aromatic N) is 2. The number of carbonyl (C=O) groups is 1. The molecule has 2 aromatic rings. The Hall–Kier alpha value is -2.23. The Morgan fingerprint density at radius 2 is 1.75 bits per heavy atom. The average Bonchev–Trinajstić information content (AvgIpc) is 2.30. The molecule has 0 fully saturated rings. The zero-order chi connectivity index (χ0) is 11.4. The van der Waals surface area contributed by atoms with Gasteiger partial charge in [0.1, 0.15) is 0 Å². The van der Waals surface area contributed by atoms with Crippen LogP contribution < -0.4 is 4.74 Å². The van der Waals surface area contributed by atoms with Crippen molar-refractivity contribution in [3.63, 3.8) is 0 Å². The van der Waals surface area contributed by atoms with Crippen LogP contribution in [0.1, 0.15) is 6.92 Å². The van der Waals surface area contributed by atoms with E-state index in [1.807, 2.05) is 30.3 Å². The van der Waals surface area contributed by atoms with Gasteiger partial charge >= 0.3 is 5.97 Å². The molecule has 0 amide bonds. The van der Waals surface area contributed by atoms with E-state index in [9.17, 15) is 4.79 Å². The van der Waals surface area contributed by atoms with Gasteiger partial charge in [0.2, 0.25) is 0 Å². The summed E-state index contributed by atoms with van der Waals surface area (Å²) < 4.78 is 4.84. The van der Waals surface area contributed by atoms with Crippen molar-refractivity contribution in [2.75, 3.05) is 0 Å². The third-order valence-corrected chi connectivity index (χ3v) is 1.92. The minimum atomic E-state index is -0.379. The fraction of sp³-hybridized carbons (Fsp3) is 0.0833. The van der Waals surface area contributed by atoms with E-state index in [0.717, 1.165) is 5.56 Å². The summed E-state index contributed by atoms with van der Waals surface area (Å²) in [4.78, 5) is 18.9. The first-order valence-corrected chi connectivity index (χ1v) is 4.81. The van der Waals surface area contributed by atoms with Crippen molar-refractivity contribution in [3.8, 4) is 17.1 Å². The Balaban J connectivity index is 2.23. The van der Waals surface area contributed by atoms with Gasteiger partial charge in [-0.15, -0.1) is 0 Å². The number of hydrogen-bond acceptors (Lipinski definition) is 4. The molecule has 0 bridgehead atoms. The van der Waals surface area contributed by atoms with E-state index >= 15 is 0 Å². The zero-order valence-electron chi connectivity index (χ0n) is 8.75. The van der Waals surface area contributed by atoms with Gasteiger partial charge in [0.15, 0.2) is 11.6 Å². The third-order valence-electron chi connectivity index (χ3n) is 1.92. The molecule has 1 heterocycles. The van der Waals surface area contributed by atoms with Gasteiger partial charge in [0.05, 0.1) is 12.4 Å². The van der Waals surface area contributed by atoms with Crippen LogP contribution in [-0.2, 0) is 4.79 Å². The molecule has 0 aliphatic carbocycles. The lowest BCUT2D eigenvalue weighted by Gasteiger charge is -2.01. The number of hydrogen-bond donors (Lipinski definition) is 0. The Morgan fingerprint density at radius 1 is 1.12 bits per heavy atom. The second kappa shape index (κ2) is 4.53. The molecule has 0 saturated carbocycles. The van der Waals surface area contributed by atoms with E-state index in [0.29, 0.717) is 11.6 Å². The number of carbonyl (C=O) groups excluding carboxylic acids is 1. The summed E-state index contributed by atoms with van der Waals surface area (Å²) in [6, 6.07) is 9.59. The topological polar surface area (TPSA) is 52.1 Å². The molecule has 80 valence electrons. The largest absolute Gasteiger partial charge is 0.423 e. The average molecular weight is 214 g/mol. The van der Waals surface area contributed by atoms with Crippen molar-refractivity contribution in [2.45, 2.75) is 6.92 Å². The molecule has 4 heteroatoms. The van der Waals surface area contributed by atoms with Crippen LogP contribution in [0.3, 0.4) is 0 Å². The highest BCUT2D eigenvalue weighted by Gasteiger charge is 2.02. The maximum absolute atomic E-state index is 10.7. The van der Waals surface area contributed by atoms with E-state index in [4.69, 9.17) is 4.74 Å². The summed E-state index contributed by atoms with van der Waals surface area (Å²) in [5.74, 6) is 0.583. The monoisotopic (exact) mass is 214 g/mol. The van der Waals surface area contributed by atoms with Crippen LogP contribution in [0.2, 0.25) is 0 Å². The Morgan fingerprint density at radius 3 is 2.31 bits per heavy atom. The lowest BCUT2D eigenvalue weighted by molar-refractivity contribution is -0.131. The number of rotatable bonds is 2. The molecule has 0 aliphatic rings. The van der Waals surface area contributed by atoms with Gasteiger partial charge in [-0.25, -0.2) is 9.97 Å². The van der Waals surface area contributed by atoms with Gasteiger partial charge in [0, 0.05) is 12.5 Å². The van der Waals surface area contributed by atoms with Crippen molar-refractivity contribution in [3.05, 3.63) is 42.7 Å². The van der Waals surface area contributed by atoms with Crippen LogP contribution in [0.25, 0.3) is 11.4 Å². The highest BCUT2D eigenvalue weighted by Crippen LogP contribution is 2.15. The fourth-order valence-corrected chi connectivity index (χ4v) is 1.27. The van der Waals surface area contributed by atoms with Gasteiger partial charge in [-0.1, -0.05) is 30.3 Å². The fourth-order valence-electron chi connectivity index (χ4n) is 1.27. The van der Waals surface area contributed by atoms with Gasteiger partial charge in [-0.2, -0.15) is 0 Å². The standard InChI is InChI=1S/C12H10N2O2/c1-9(15)16-11-7-13-12(14-8-11)10-5-3-2-4-6-10/h2-8H,1H3. The predicted molar refractivity (Wildman–Crippen MR) is 58.8 cm³/mol. The molecule has 0 atom stereocenters. The van der Waals surface area contributed by atoms with Crippen molar-refractivity contribution in [1.82, 2.24) is 9.97 Å². The van der Waals surface area contributed by atoms with Gasteiger partial charge < -0.3 is 4.74 Å². The molecule has 0 radical (unpaired) electrons. The molecule has 2 rings (SSSR count). The minimum Gasteiger partial charge on any atom is -0.423 e. The molecule has 0 aliphatic heterocycles. The van der Waals surface area contributed by atoms with Gasteiger partial charge in [-0.3, -0.25) is 4.79 Å². The second-order valence-electron chi connectivity index (χ2n) is 3.20. The van der Waals surface area contributed by atoms with Crippen LogP contribution >= 0.6 is 0 Å². The summed E-state index contributed by atoms with van der Waals surface area (Å²) in [5, 5.41) is 0. The number of ether oxygens (including phenoxy) is 1. The van der Waals surface area contributed by atoms with Crippen LogP contribution in [0.4, 0.5) is 0 Å². The smallest absolute Gasteiger partial charge is 0.308 e. The van der Waals surface area contributed by atoms with E-state index in [1.165, 1.54) is 19.3 Å². The highest BCUT2D eigenvalue weighted by molar-refractivity contribution is 5.69. The van der Waals surface area contributed by atoms with E-state index in [2.05, 4.69) is 9.97 Å². The maximum atomic E-state index is 10.7. The van der Waals surface area contributed by atoms with Crippen LogP contribution in [-0.4, -0.2) is 15.9 Å². The molecule has 0 saturated heterocycles. The predicted octanol–water partition coefficient (Wildman–Crippen LogP) is 2.07. The summed E-state index contributed by atoms with van der Waals surface area (Å²) in [7, 11) is 0. The quantitative estimate of drug-likeness (QED) is 0.718. The summed E-state index contributed by atoms with van der Waals surface area (Å²) >= 11 is 0. The molecular weight excluding hydrogens is 204 g/mol. The molecule has 4 nitrogen and oxygen atoms in total. The summed E-state index contributed by atoms with van der Waals surface area (Å²) in [6.45, 7) is 1.34. The number of benzene rings is 1. The highest BCUT2D eigenvalue weighted by atomic mass is 16.5. The molecular formula is C12H10N2O2. The normalized spacial score (nSPS) is 9.81. The van der Waals surface area contributed by atoms with E-state index < -0.39 is 0 Å². The van der Waals surface area contributed by atoms with Gasteiger partial charge in [-0.05, 0) is 0 Å². The molecule has 0 N–H and O–H groups in total. The lowest BCUT2D eigenvalue weighted by Crippen LogP contribution is -2.02. The maximum Gasteiger partial charge on any atom is 0.308 e. The van der Waals surface area contributed by atoms with Crippen LogP contribution in [0, 0.1) is 0 Å². The molecule has 1 aromatic heterocycles.